The number of alkyl halides is 1. The number of rotatable bonds is 21. The molecule has 0 aliphatic heterocycles. The van der Waals surface area contributed by atoms with Gasteiger partial charge in [0.2, 0.25) is 0 Å². The van der Waals surface area contributed by atoms with Gasteiger partial charge in [-0.3, -0.25) is 4.79 Å². The molecule has 4 heteroatoms. The molecule has 0 fully saturated rings. The van der Waals surface area contributed by atoms with Gasteiger partial charge >= 0.3 is 0 Å². The summed E-state index contributed by atoms with van der Waals surface area (Å²) in [6.07, 6.45) is 22.4. The van der Waals surface area contributed by atoms with E-state index in [2.05, 4.69) is 22.9 Å². The molecule has 3 nitrogen and oxygen atoms in total. The number of carbonyl (C=O) groups excluding carboxylic acids is 1. The highest BCUT2D eigenvalue weighted by atomic mass is 79.9. The van der Waals surface area contributed by atoms with Crippen molar-refractivity contribution in [3.05, 3.63) is 65.7 Å². The summed E-state index contributed by atoms with van der Waals surface area (Å²) in [7, 11) is 0. The Kier molecular flexibility index (Phi) is 16.8. The number of carbonyl (C=O) groups is 1. The number of benzene rings is 2. The van der Waals surface area contributed by atoms with Crippen LogP contribution >= 0.6 is 15.9 Å². The number of hydrogen-bond acceptors (Lipinski definition) is 3. The Hall–Kier alpha value is -2.07. The largest absolute Gasteiger partial charge is 0.494 e. The maximum atomic E-state index is 12.4. The average molecular weight is 558 g/mol. The molecule has 0 heterocycles. The number of hydrogen-bond donors (Lipinski definition) is 0. The van der Waals surface area contributed by atoms with Gasteiger partial charge in [0.05, 0.1) is 6.61 Å². The molecule has 0 radical (unpaired) electrons. The first-order valence-corrected chi connectivity index (χ1v) is 15.1. The summed E-state index contributed by atoms with van der Waals surface area (Å²) < 4.78 is 11.2. The van der Waals surface area contributed by atoms with Gasteiger partial charge in [-0.25, -0.2) is 0 Å². The van der Waals surface area contributed by atoms with Crippen molar-refractivity contribution in [2.24, 2.45) is 0 Å². The first-order chi connectivity index (χ1) is 17.7. The van der Waals surface area contributed by atoms with Crippen LogP contribution in [0.3, 0.4) is 0 Å². The van der Waals surface area contributed by atoms with Crippen molar-refractivity contribution in [1.82, 2.24) is 0 Å². The maximum absolute atomic E-state index is 12.4. The second-order valence-electron chi connectivity index (χ2n) is 9.49. The van der Waals surface area contributed by atoms with E-state index in [0.717, 1.165) is 30.1 Å². The Morgan fingerprint density at radius 1 is 0.667 bits per heavy atom. The van der Waals surface area contributed by atoms with Crippen LogP contribution in [0.15, 0.2) is 54.6 Å². The van der Waals surface area contributed by atoms with Crippen LogP contribution in [-0.2, 0) is 0 Å². The highest BCUT2D eigenvalue weighted by Gasteiger charge is 2.03. The third kappa shape index (κ3) is 13.9. The van der Waals surface area contributed by atoms with Gasteiger partial charge in [-0.1, -0.05) is 109 Å². The van der Waals surface area contributed by atoms with Gasteiger partial charge < -0.3 is 9.47 Å². The minimum Gasteiger partial charge on any atom is -0.494 e. The van der Waals surface area contributed by atoms with E-state index in [1.807, 2.05) is 54.6 Å². The molecule has 0 bridgehead atoms. The van der Waals surface area contributed by atoms with Crippen LogP contribution in [0, 0.1) is 0 Å². The maximum Gasteiger partial charge on any atom is 0.185 e. The summed E-state index contributed by atoms with van der Waals surface area (Å²) in [4.78, 5) is 12.4. The smallest absolute Gasteiger partial charge is 0.185 e. The quantitative estimate of drug-likeness (QED) is 0.0663. The van der Waals surface area contributed by atoms with Crippen LogP contribution in [0.1, 0.15) is 113 Å². The van der Waals surface area contributed by atoms with E-state index in [4.69, 9.17) is 9.47 Å². The number of ether oxygens (including phenoxy) is 2. The van der Waals surface area contributed by atoms with Gasteiger partial charge in [-0.15, -0.1) is 0 Å². The van der Waals surface area contributed by atoms with E-state index in [1.165, 1.54) is 83.5 Å². The predicted octanol–water partition coefficient (Wildman–Crippen LogP) is 10.2. The highest BCUT2D eigenvalue weighted by molar-refractivity contribution is 9.09. The molecule has 0 aliphatic rings. The SMILES string of the molecule is CCCCCCCCCCCCCCCCOc1ccc(C(=O)/C=C/c2ccc(OCBr)cc2)cc1. The summed E-state index contributed by atoms with van der Waals surface area (Å²) >= 11 is 3.24. The molecule has 0 aliphatic carbocycles. The summed E-state index contributed by atoms with van der Waals surface area (Å²) in [5.41, 5.74) is 2.08. The Morgan fingerprint density at radius 2 is 1.14 bits per heavy atom. The molecule has 0 saturated heterocycles. The average Bonchev–Trinajstić information content (AvgIpc) is 2.91. The standard InChI is InChI=1S/C32H45BrO3/c1-2-3-4-5-6-7-8-9-10-11-12-13-14-15-26-35-30-23-19-29(20-24-30)32(34)25-18-28-16-21-31(22-17-28)36-27-33/h16-25H,2-15,26-27H2,1H3/b25-18+. The molecule has 2 aromatic carbocycles. The number of halogens is 1. The van der Waals surface area contributed by atoms with Crippen molar-refractivity contribution in [3.8, 4) is 11.5 Å². The Morgan fingerprint density at radius 3 is 1.67 bits per heavy atom. The minimum atomic E-state index is -0.0192. The topological polar surface area (TPSA) is 35.5 Å². The molecule has 0 N–H and O–H groups in total. The van der Waals surface area contributed by atoms with E-state index in [-0.39, 0.29) is 5.78 Å². The van der Waals surface area contributed by atoms with Crippen LogP contribution < -0.4 is 9.47 Å². The summed E-state index contributed by atoms with van der Waals surface area (Å²) in [5, 5.41) is 0. The molecular weight excluding hydrogens is 512 g/mol. The lowest BCUT2D eigenvalue weighted by atomic mass is 10.0. The Bertz CT molecular complexity index is 843. The summed E-state index contributed by atoms with van der Waals surface area (Å²) in [6.45, 7) is 3.02. The van der Waals surface area contributed by atoms with Crippen LogP contribution in [0.25, 0.3) is 6.08 Å². The van der Waals surface area contributed by atoms with E-state index < -0.39 is 0 Å². The molecule has 0 spiro atoms. The summed E-state index contributed by atoms with van der Waals surface area (Å²) in [5.74, 6) is 1.60. The van der Waals surface area contributed by atoms with Crippen LogP contribution in [0.4, 0.5) is 0 Å². The summed E-state index contributed by atoms with van der Waals surface area (Å²) in [6, 6.07) is 15.1. The fourth-order valence-corrected chi connectivity index (χ4v) is 4.47. The van der Waals surface area contributed by atoms with Crippen molar-refractivity contribution < 1.29 is 14.3 Å². The fraction of sp³-hybridized carbons (Fsp3) is 0.531. The third-order valence-electron chi connectivity index (χ3n) is 6.43. The van der Waals surface area contributed by atoms with Crippen molar-refractivity contribution >= 4 is 27.8 Å². The molecule has 0 unspecified atom stereocenters. The van der Waals surface area contributed by atoms with Crippen molar-refractivity contribution in [3.63, 3.8) is 0 Å². The monoisotopic (exact) mass is 556 g/mol. The molecule has 36 heavy (non-hydrogen) atoms. The molecule has 0 aromatic heterocycles. The number of unbranched alkanes of at least 4 members (excludes halogenated alkanes) is 13. The predicted molar refractivity (Wildman–Crippen MR) is 156 cm³/mol. The normalized spacial score (nSPS) is 11.2. The van der Waals surface area contributed by atoms with Crippen LogP contribution in [0.5, 0.6) is 11.5 Å². The molecule has 198 valence electrons. The minimum absolute atomic E-state index is 0.0192. The van der Waals surface area contributed by atoms with Gasteiger partial charge in [-0.2, -0.15) is 0 Å². The lowest BCUT2D eigenvalue weighted by molar-refractivity contribution is 0.104. The second-order valence-corrected chi connectivity index (χ2v) is 9.95. The number of ketones is 1. The molecule has 2 aromatic rings. The first kappa shape index (κ1) is 30.2. The number of allylic oxidation sites excluding steroid dienone is 1. The Balaban J connectivity index is 1.50. The molecule has 0 amide bonds. The Labute approximate surface area is 227 Å². The van der Waals surface area contributed by atoms with E-state index in [1.54, 1.807) is 6.08 Å². The lowest BCUT2D eigenvalue weighted by Gasteiger charge is -2.07. The van der Waals surface area contributed by atoms with Gasteiger partial charge in [0.1, 0.15) is 17.0 Å². The van der Waals surface area contributed by atoms with Gasteiger partial charge in [0, 0.05) is 5.56 Å². The van der Waals surface area contributed by atoms with E-state index in [9.17, 15) is 4.79 Å². The van der Waals surface area contributed by atoms with E-state index >= 15 is 0 Å². The first-order valence-electron chi connectivity index (χ1n) is 14.0. The van der Waals surface area contributed by atoms with Gasteiger partial charge in [0.15, 0.2) is 5.78 Å². The molecule has 0 atom stereocenters. The zero-order valence-electron chi connectivity index (χ0n) is 22.2. The molecular formula is C32H45BrO3. The van der Waals surface area contributed by atoms with Crippen molar-refractivity contribution in [1.29, 1.82) is 0 Å². The van der Waals surface area contributed by atoms with Crippen LogP contribution in [-0.4, -0.2) is 17.9 Å². The third-order valence-corrected chi connectivity index (χ3v) is 6.66. The van der Waals surface area contributed by atoms with Crippen LogP contribution in [0.2, 0.25) is 0 Å². The lowest BCUT2D eigenvalue weighted by Crippen LogP contribution is -1.99. The second kappa shape index (κ2) is 20.0. The van der Waals surface area contributed by atoms with Gasteiger partial charge in [0.25, 0.3) is 0 Å². The molecule has 0 saturated carbocycles. The molecule has 2 rings (SSSR count). The van der Waals surface area contributed by atoms with Crippen molar-refractivity contribution in [2.45, 2.75) is 96.8 Å². The van der Waals surface area contributed by atoms with E-state index in [0.29, 0.717) is 11.1 Å². The fourth-order valence-electron chi connectivity index (χ4n) is 4.21. The highest BCUT2D eigenvalue weighted by Crippen LogP contribution is 2.17. The zero-order valence-corrected chi connectivity index (χ0v) is 23.8. The van der Waals surface area contributed by atoms with Crippen molar-refractivity contribution in [2.75, 3.05) is 12.1 Å². The van der Waals surface area contributed by atoms with Gasteiger partial charge in [-0.05, 0) is 70.4 Å². The zero-order chi connectivity index (χ0) is 25.7.